The second-order valence-electron chi connectivity index (χ2n) is 6.35. The van der Waals surface area contributed by atoms with E-state index in [9.17, 15) is 9.59 Å². The molecule has 26 heavy (non-hydrogen) atoms. The standard InChI is InChI=1S/C21H13ClN2O2/c22-14-9-7-13(8-10-14)12-24-16-5-2-1-4-15(16)20(25)18-19(24)17-6-3-11-23(17)21(18)26/h1-11H,12H2. The zero-order valence-electron chi connectivity index (χ0n) is 13.6. The van der Waals surface area contributed by atoms with Crippen molar-refractivity contribution in [3.05, 3.63) is 93.2 Å². The smallest absolute Gasteiger partial charge is 0.268 e. The third kappa shape index (κ3) is 2.02. The topological polar surface area (TPSA) is 44.0 Å². The number of para-hydroxylation sites is 1. The van der Waals surface area contributed by atoms with Gasteiger partial charge < -0.3 is 4.57 Å². The Morgan fingerprint density at radius 1 is 0.885 bits per heavy atom. The summed E-state index contributed by atoms with van der Waals surface area (Å²) in [4.78, 5) is 25.8. The second-order valence-corrected chi connectivity index (χ2v) is 6.79. The van der Waals surface area contributed by atoms with E-state index in [2.05, 4.69) is 0 Å². The highest BCUT2D eigenvalue weighted by Crippen LogP contribution is 2.33. The maximum absolute atomic E-state index is 13.0. The Morgan fingerprint density at radius 2 is 1.65 bits per heavy atom. The average Bonchev–Trinajstić information content (AvgIpc) is 3.23. The van der Waals surface area contributed by atoms with Crippen LogP contribution in [0.2, 0.25) is 5.02 Å². The summed E-state index contributed by atoms with van der Waals surface area (Å²) in [6.45, 7) is 0.540. The zero-order valence-corrected chi connectivity index (χ0v) is 14.4. The fourth-order valence-electron chi connectivity index (χ4n) is 3.67. The van der Waals surface area contributed by atoms with Gasteiger partial charge >= 0.3 is 0 Å². The molecule has 0 unspecified atom stereocenters. The molecule has 2 aromatic carbocycles. The van der Waals surface area contributed by atoms with E-state index in [0.717, 1.165) is 16.8 Å². The van der Waals surface area contributed by atoms with Gasteiger partial charge in [-0.2, -0.15) is 0 Å². The molecule has 0 bridgehead atoms. The highest BCUT2D eigenvalue weighted by molar-refractivity contribution is 6.30. The molecule has 0 saturated heterocycles. The summed E-state index contributed by atoms with van der Waals surface area (Å²) in [5.74, 6) is -0.263. The Balaban J connectivity index is 1.87. The van der Waals surface area contributed by atoms with Crippen molar-refractivity contribution in [1.29, 1.82) is 0 Å². The molecule has 0 spiro atoms. The van der Waals surface area contributed by atoms with Crippen LogP contribution in [0.25, 0.3) is 22.3 Å². The zero-order chi connectivity index (χ0) is 17.8. The van der Waals surface area contributed by atoms with E-state index in [0.29, 0.717) is 22.6 Å². The molecule has 5 rings (SSSR count). The first-order valence-electron chi connectivity index (χ1n) is 8.27. The Hall–Kier alpha value is -3.11. The fraction of sp³-hybridized carbons (Fsp3) is 0.0476. The summed E-state index contributed by atoms with van der Waals surface area (Å²) in [6, 6.07) is 18.7. The van der Waals surface area contributed by atoms with Crippen molar-refractivity contribution >= 4 is 28.4 Å². The average molecular weight is 361 g/mol. The van der Waals surface area contributed by atoms with Gasteiger partial charge in [-0.05, 0) is 42.0 Å². The number of halogens is 1. The first-order chi connectivity index (χ1) is 12.6. The van der Waals surface area contributed by atoms with Crippen LogP contribution in [0.15, 0.2) is 71.7 Å². The number of benzene rings is 2. The molecule has 4 aromatic rings. The largest absolute Gasteiger partial charge is 0.334 e. The van der Waals surface area contributed by atoms with Gasteiger partial charge in [0.15, 0.2) is 0 Å². The minimum atomic E-state index is -0.263. The first-order valence-corrected chi connectivity index (χ1v) is 8.65. The van der Waals surface area contributed by atoms with Crippen molar-refractivity contribution in [3.8, 4) is 11.4 Å². The number of aromatic nitrogens is 2. The predicted molar refractivity (Wildman–Crippen MR) is 102 cm³/mol. The van der Waals surface area contributed by atoms with Crippen LogP contribution < -0.4 is 5.43 Å². The summed E-state index contributed by atoms with van der Waals surface area (Å²) >= 11 is 6.00. The Labute approximate surface area is 153 Å². The summed E-state index contributed by atoms with van der Waals surface area (Å²) < 4.78 is 3.59. The quantitative estimate of drug-likeness (QED) is 0.474. The van der Waals surface area contributed by atoms with E-state index in [-0.39, 0.29) is 16.9 Å². The van der Waals surface area contributed by atoms with E-state index in [1.54, 1.807) is 16.8 Å². The maximum atomic E-state index is 13.0. The molecule has 5 heteroatoms. The molecule has 1 aliphatic rings. The second kappa shape index (κ2) is 5.44. The lowest BCUT2D eigenvalue weighted by molar-refractivity contribution is 0.0968. The minimum Gasteiger partial charge on any atom is -0.334 e. The maximum Gasteiger partial charge on any atom is 0.268 e. The lowest BCUT2D eigenvalue weighted by Crippen LogP contribution is -2.20. The molecule has 0 aliphatic carbocycles. The molecule has 0 radical (unpaired) electrons. The first kappa shape index (κ1) is 15.2. The fourth-order valence-corrected chi connectivity index (χ4v) is 3.80. The van der Waals surface area contributed by atoms with Crippen molar-refractivity contribution in [1.82, 2.24) is 9.13 Å². The molecule has 0 saturated carbocycles. The van der Waals surface area contributed by atoms with Crippen molar-refractivity contribution in [2.24, 2.45) is 0 Å². The number of hydrogen-bond acceptors (Lipinski definition) is 2. The van der Waals surface area contributed by atoms with Gasteiger partial charge in [-0.3, -0.25) is 14.2 Å². The molecule has 0 N–H and O–H groups in total. The Kier molecular flexibility index (Phi) is 3.18. The number of rotatable bonds is 2. The van der Waals surface area contributed by atoms with Gasteiger partial charge in [-0.15, -0.1) is 0 Å². The molecule has 0 fully saturated rings. The van der Waals surface area contributed by atoms with Gasteiger partial charge in [0, 0.05) is 23.2 Å². The van der Waals surface area contributed by atoms with Crippen molar-refractivity contribution < 1.29 is 4.79 Å². The lowest BCUT2D eigenvalue weighted by Gasteiger charge is -2.16. The highest BCUT2D eigenvalue weighted by Gasteiger charge is 2.32. The molecule has 2 aromatic heterocycles. The van der Waals surface area contributed by atoms with Crippen LogP contribution >= 0.6 is 11.6 Å². The van der Waals surface area contributed by atoms with Crippen molar-refractivity contribution in [2.75, 3.05) is 0 Å². The summed E-state index contributed by atoms with van der Waals surface area (Å²) in [6.07, 6.45) is 1.70. The Bertz CT molecular complexity index is 1250. The molecular weight excluding hydrogens is 348 g/mol. The van der Waals surface area contributed by atoms with Crippen molar-refractivity contribution in [3.63, 3.8) is 0 Å². The van der Waals surface area contributed by atoms with Gasteiger partial charge in [0.05, 0.1) is 16.9 Å². The van der Waals surface area contributed by atoms with E-state index < -0.39 is 0 Å². The van der Waals surface area contributed by atoms with Crippen LogP contribution in [0.5, 0.6) is 0 Å². The molecular formula is C21H13ClN2O2. The monoisotopic (exact) mass is 360 g/mol. The third-order valence-corrected chi connectivity index (χ3v) is 5.10. The predicted octanol–water partition coefficient (Wildman–Crippen LogP) is 4.17. The number of hydrogen-bond donors (Lipinski definition) is 0. The van der Waals surface area contributed by atoms with E-state index in [1.807, 2.05) is 59.2 Å². The molecule has 0 atom stereocenters. The summed E-state index contributed by atoms with van der Waals surface area (Å²) in [5.41, 5.74) is 3.32. The molecule has 3 heterocycles. The van der Waals surface area contributed by atoms with Crippen LogP contribution in [-0.4, -0.2) is 15.0 Å². The van der Waals surface area contributed by atoms with Gasteiger partial charge in [0.2, 0.25) is 5.43 Å². The minimum absolute atomic E-state index is 0.211. The summed E-state index contributed by atoms with van der Waals surface area (Å²) in [5, 5.41) is 1.23. The van der Waals surface area contributed by atoms with Gasteiger partial charge in [0.1, 0.15) is 5.56 Å². The number of carbonyl (C=O) groups excluding carboxylic acids is 1. The van der Waals surface area contributed by atoms with E-state index >= 15 is 0 Å². The molecule has 0 amide bonds. The normalized spacial score (nSPS) is 12.4. The molecule has 4 nitrogen and oxygen atoms in total. The van der Waals surface area contributed by atoms with Gasteiger partial charge in [-0.25, -0.2) is 0 Å². The van der Waals surface area contributed by atoms with Gasteiger partial charge in [-0.1, -0.05) is 35.9 Å². The van der Waals surface area contributed by atoms with Crippen LogP contribution in [-0.2, 0) is 6.54 Å². The van der Waals surface area contributed by atoms with E-state index in [1.165, 1.54) is 0 Å². The van der Waals surface area contributed by atoms with Crippen LogP contribution in [0.1, 0.15) is 15.9 Å². The number of carbonyl (C=O) groups is 1. The van der Waals surface area contributed by atoms with Crippen LogP contribution in [0, 0.1) is 0 Å². The Morgan fingerprint density at radius 3 is 2.46 bits per heavy atom. The van der Waals surface area contributed by atoms with Crippen LogP contribution in [0.4, 0.5) is 0 Å². The van der Waals surface area contributed by atoms with Crippen LogP contribution in [0.3, 0.4) is 0 Å². The third-order valence-electron chi connectivity index (χ3n) is 4.85. The lowest BCUT2D eigenvalue weighted by atomic mass is 10.1. The number of fused-ring (bicyclic) bond motifs is 4. The number of nitrogens with zero attached hydrogens (tertiary/aromatic N) is 2. The van der Waals surface area contributed by atoms with Crippen molar-refractivity contribution in [2.45, 2.75) is 6.54 Å². The van der Waals surface area contributed by atoms with Gasteiger partial charge in [0.25, 0.3) is 5.91 Å². The number of pyridine rings is 1. The summed E-state index contributed by atoms with van der Waals surface area (Å²) in [7, 11) is 0. The van der Waals surface area contributed by atoms with E-state index in [4.69, 9.17) is 11.6 Å². The highest BCUT2D eigenvalue weighted by atomic mass is 35.5. The molecule has 126 valence electrons. The SMILES string of the molecule is O=C1c2c(n(Cc3ccc(Cl)cc3)c3ccccc3c2=O)-c2cccn21. The molecule has 1 aliphatic heterocycles.